The van der Waals surface area contributed by atoms with Crippen LogP contribution in [0.1, 0.15) is 5.56 Å². The number of rotatable bonds is 3. The first-order valence-electron chi connectivity index (χ1n) is 6.47. The Morgan fingerprint density at radius 3 is 2.89 bits per heavy atom. The maximum absolute atomic E-state index is 6.14. The van der Waals surface area contributed by atoms with Gasteiger partial charge in [-0.15, -0.1) is 0 Å². The van der Waals surface area contributed by atoms with Crippen LogP contribution in [0.4, 0.5) is 5.69 Å². The zero-order chi connectivity index (χ0) is 13.1. The average molecular weight is 268 g/mol. The van der Waals surface area contributed by atoms with E-state index < -0.39 is 0 Å². The largest absolute Gasteiger partial charge is 0.364 e. The predicted molar refractivity (Wildman–Crippen MR) is 78.7 cm³/mol. The van der Waals surface area contributed by atoms with Crippen LogP contribution in [0.2, 0.25) is 5.02 Å². The molecule has 0 saturated carbocycles. The van der Waals surface area contributed by atoms with E-state index >= 15 is 0 Å². The Balaban J connectivity index is 2.26. The summed E-state index contributed by atoms with van der Waals surface area (Å²) in [6, 6.07) is 6.66. The third kappa shape index (κ3) is 2.97. The second-order valence-electron chi connectivity index (χ2n) is 5.10. The van der Waals surface area contributed by atoms with Gasteiger partial charge >= 0.3 is 0 Å². The molecule has 1 fully saturated rings. The van der Waals surface area contributed by atoms with Gasteiger partial charge in [0.05, 0.1) is 6.04 Å². The van der Waals surface area contributed by atoms with Gasteiger partial charge < -0.3 is 15.1 Å². The zero-order valence-electron chi connectivity index (χ0n) is 11.4. The molecule has 0 amide bonds. The summed E-state index contributed by atoms with van der Waals surface area (Å²) in [7, 11) is 4.20. The molecular weight excluding hydrogens is 246 g/mol. The number of halogens is 1. The maximum atomic E-state index is 6.14. The quantitative estimate of drug-likeness (QED) is 0.904. The molecule has 1 atom stereocenters. The molecule has 0 bridgehead atoms. The minimum Gasteiger partial charge on any atom is -0.364 e. The SMILES string of the molecule is CNCC1CN(C)CCN1c1cc(Cl)ccc1C. The van der Waals surface area contributed by atoms with Crippen molar-refractivity contribution in [3.63, 3.8) is 0 Å². The Hall–Kier alpha value is -0.770. The molecule has 0 aliphatic carbocycles. The third-order valence-electron chi connectivity index (χ3n) is 3.61. The standard InChI is InChI=1S/C14H22ClN3/c1-11-4-5-12(15)8-14(11)18-7-6-17(3)10-13(18)9-16-2/h4-5,8,13,16H,6-7,9-10H2,1-3H3. The van der Waals surface area contributed by atoms with E-state index in [2.05, 4.69) is 41.2 Å². The summed E-state index contributed by atoms with van der Waals surface area (Å²) in [5.74, 6) is 0. The average Bonchev–Trinajstić information content (AvgIpc) is 2.33. The number of nitrogens with zero attached hydrogens (tertiary/aromatic N) is 2. The molecule has 4 heteroatoms. The second-order valence-corrected chi connectivity index (χ2v) is 5.53. The highest BCUT2D eigenvalue weighted by atomic mass is 35.5. The molecule has 2 rings (SSSR count). The normalized spacial score (nSPS) is 21.3. The van der Waals surface area contributed by atoms with Crippen LogP contribution in [0.3, 0.4) is 0 Å². The zero-order valence-corrected chi connectivity index (χ0v) is 12.2. The fourth-order valence-electron chi connectivity index (χ4n) is 2.63. The number of benzene rings is 1. The Bertz CT molecular complexity index is 408. The van der Waals surface area contributed by atoms with Crippen LogP contribution in [-0.2, 0) is 0 Å². The van der Waals surface area contributed by atoms with Crippen LogP contribution >= 0.6 is 11.6 Å². The summed E-state index contributed by atoms with van der Waals surface area (Å²) in [4.78, 5) is 4.87. The molecule has 1 aliphatic heterocycles. The number of anilines is 1. The van der Waals surface area contributed by atoms with Gasteiger partial charge in [-0.1, -0.05) is 17.7 Å². The first kappa shape index (κ1) is 13.7. The van der Waals surface area contributed by atoms with Crippen molar-refractivity contribution in [2.45, 2.75) is 13.0 Å². The second kappa shape index (κ2) is 5.91. The van der Waals surface area contributed by atoms with E-state index in [9.17, 15) is 0 Å². The first-order chi connectivity index (χ1) is 8.61. The minimum absolute atomic E-state index is 0.505. The van der Waals surface area contributed by atoms with Crippen molar-refractivity contribution in [1.82, 2.24) is 10.2 Å². The third-order valence-corrected chi connectivity index (χ3v) is 3.84. The lowest BCUT2D eigenvalue weighted by Crippen LogP contribution is -2.55. The van der Waals surface area contributed by atoms with Crippen LogP contribution in [0, 0.1) is 6.92 Å². The van der Waals surface area contributed by atoms with Gasteiger partial charge in [0.1, 0.15) is 0 Å². The van der Waals surface area contributed by atoms with E-state index in [0.717, 1.165) is 31.2 Å². The molecule has 1 aromatic carbocycles. The lowest BCUT2D eigenvalue weighted by atomic mass is 10.1. The summed E-state index contributed by atoms with van der Waals surface area (Å²) in [5.41, 5.74) is 2.57. The van der Waals surface area contributed by atoms with Crippen LogP contribution in [-0.4, -0.2) is 51.2 Å². The summed E-state index contributed by atoms with van der Waals surface area (Å²) in [5, 5.41) is 4.11. The van der Waals surface area contributed by atoms with Gasteiger partial charge in [-0.25, -0.2) is 0 Å². The molecular formula is C14H22ClN3. The number of likely N-dealkylation sites (N-methyl/N-ethyl adjacent to an activating group) is 2. The van der Waals surface area contributed by atoms with Crippen molar-refractivity contribution in [2.24, 2.45) is 0 Å². The molecule has 18 heavy (non-hydrogen) atoms. The van der Waals surface area contributed by atoms with Gasteiger partial charge in [0.15, 0.2) is 0 Å². The molecule has 100 valence electrons. The summed E-state index contributed by atoms with van der Waals surface area (Å²) in [6.07, 6.45) is 0. The van der Waals surface area contributed by atoms with Gasteiger partial charge in [-0.05, 0) is 38.7 Å². The molecule has 1 saturated heterocycles. The fraction of sp³-hybridized carbons (Fsp3) is 0.571. The Kier molecular flexibility index (Phi) is 4.49. The van der Waals surface area contributed by atoms with Crippen molar-refractivity contribution >= 4 is 17.3 Å². The lowest BCUT2D eigenvalue weighted by molar-refractivity contribution is 0.265. The number of hydrogen-bond acceptors (Lipinski definition) is 3. The topological polar surface area (TPSA) is 18.5 Å². The highest BCUT2D eigenvalue weighted by Crippen LogP contribution is 2.27. The van der Waals surface area contributed by atoms with Crippen molar-refractivity contribution in [2.75, 3.05) is 45.2 Å². The summed E-state index contributed by atoms with van der Waals surface area (Å²) in [6.45, 7) is 6.40. The Morgan fingerprint density at radius 1 is 1.39 bits per heavy atom. The van der Waals surface area contributed by atoms with Crippen molar-refractivity contribution in [1.29, 1.82) is 0 Å². The molecule has 1 N–H and O–H groups in total. The molecule has 1 aliphatic rings. The van der Waals surface area contributed by atoms with E-state index in [0.29, 0.717) is 6.04 Å². The monoisotopic (exact) mass is 267 g/mol. The van der Waals surface area contributed by atoms with E-state index in [-0.39, 0.29) is 0 Å². The van der Waals surface area contributed by atoms with Gasteiger partial charge in [0.25, 0.3) is 0 Å². The summed E-state index contributed by atoms with van der Waals surface area (Å²) >= 11 is 6.14. The molecule has 3 nitrogen and oxygen atoms in total. The number of nitrogens with one attached hydrogen (secondary N) is 1. The molecule has 0 radical (unpaired) electrons. The lowest BCUT2D eigenvalue weighted by Gasteiger charge is -2.42. The number of aryl methyl sites for hydroxylation is 1. The van der Waals surface area contributed by atoms with Gasteiger partial charge in [0.2, 0.25) is 0 Å². The highest BCUT2D eigenvalue weighted by molar-refractivity contribution is 6.30. The minimum atomic E-state index is 0.505. The van der Waals surface area contributed by atoms with Gasteiger partial charge in [-0.3, -0.25) is 0 Å². The Morgan fingerprint density at radius 2 is 2.17 bits per heavy atom. The van der Waals surface area contributed by atoms with Crippen molar-refractivity contribution < 1.29 is 0 Å². The van der Waals surface area contributed by atoms with Crippen LogP contribution in [0.15, 0.2) is 18.2 Å². The number of piperazine rings is 1. The highest BCUT2D eigenvalue weighted by Gasteiger charge is 2.25. The molecule has 1 aromatic rings. The predicted octanol–water partition coefficient (Wildman–Crippen LogP) is 1.99. The Labute approximate surface area is 115 Å². The smallest absolute Gasteiger partial charge is 0.0541 e. The molecule has 1 heterocycles. The van der Waals surface area contributed by atoms with Crippen LogP contribution < -0.4 is 10.2 Å². The van der Waals surface area contributed by atoms with Crippen LogP contribution in [0.5, 0.6) is 0 Å². The fourth-order valence-corrected chi connectivity index (χ4v) is 2.80. The molecule has 0 spiro atoms. The molecule has 0 aromatic heterocycles. The van der Waals surface area contributed by atoms with Gasteiger partial charge in [0, 0.05) is 36.9 Å². The van der Waals surface area contributed by atoms with E-state index in [1.807, 2.05) is 13.1 Å². The van der Waals surface area contributed by atoms with E-state index in [1.54, 1.807) is 0 Å². The van der Waals surface area contributed by atoms with Gasteiger partial charge in [-0.2, -0.15) is 0 Å². The molecule has 1 unspecified atom stereocenters. The van der Waals surface area contributed by atoms with E-state index in [1.165, 1.54) is 11.3 Å². The number of hydrogen-bond donors (Lipinski definition) is 1. The summed E-state index contributed by atoms with van der Waals surface area (Å²) < 4.78 is 0. The van der Waals surface area contributed by atoms with Crippen molar-refractivity contribution in [3.05, 3.63) is 28.8 Å². The first-order valence-corrected chi connectivity index (χ1v) is 6.85. The maximum Gasteiger partial charge on any atom is 0.0541 e. The van der Waals surface area contributed by atoms with E-state index in [4.69, 9.17) is 11.6 Å². The van der Waals surface area contributed by atoms with Crippen molar-refractivity contribution in [3.8, 4) is 0 Å². The van der Waals surface area contributed by atoms with Crippen LogP contribution in [0.25, 0.3) is 0 Å².